The van der Waals surface area contributed by atoms with Gasteiger partial charge in [0.2, 0.25) is 0 Å². The molecule has 0 aromatic rings. The van der Waals surface area contributed by atoms with E-state index in [-0.39, 0.29) is 0 Å². The van der Waals surface area contributed by atoms with Gasteiger partial charge in [0.05, 0.1) is 0 Å². The molecule has 0 spiro atoms. The molecule has 0 radical (unpaired) electrons. The lowest BCUT2D eigenvalue weighted by atomic mass is 10.3. The average Bonchev–Trinajstić information content (AvgIpc) is 2.10. The molecule has 0 amide bonds. The van der Waals surface area contributed by atoms with E-state index in [9.17, 15) is 0 Å². The lowest BCUT2D eigenvalue weighted by Crippen LogP contribution is -1.96. The van der Waals surface area contributed by atoms with E-state index >= 15 is 0 Å². The molecule has 12 heavy (non-hydrogen) atoms. The molecule has 0 atom stereocenters. The summed E-state index contributed by atoms with van der Waals surface area (Å²) in [7, 11) is 0. The van der Waals surface area contributed by atoms with Gasteiger partial charge in [0.15, 0.2) is 0 Å². The van der Waals surface area contributed by atoms with E-state index in [1.165, 1.54) is 6.42 Å². The Morgan fingerprint density at radius 3 is 2.67 bits per heavy atom. The molecule has 0 bridgehead atoms. The fourth-order valence-electron chi connectivity index (χ4n) is 0.780. The first kappa shape index (κ1) is 11.3. The standard InChI is InChI=1S/C8H17N3O/c1-2-3-7-12-8-5-4-6-10-11-9/h2-8H2,1H3. The van der Waals surface area contributed by atoms with Crippen molar-refractivity contribution in [3.05, 3.63) is 10.4 Å². The van der Waals surface area contributed by atoms with Crippen molar-refractivity contribution in [3.63, 3.8) is 0 Å². The molecule has 4 heteroatoms. The van der Waals surface area contributed by atoms with Crippen LogP contribution in [-0.2, 0) is 4.74 Å². The number of hydrogen-bond donors (Lipinski definition) is 0. The van der Waals surface area contributed by atoms with Gasteiger partial charge in [0.25, 0.3) is 0 Å². The van der Waals surface area contributed by atoms with Crippen LogP contribution in [0.1, 0.15) is 32.6 Å². The molecule has 0 saturated heterocycles. The van der Waals surface area contributed by atoms with Crippen LogP contribution in [-0.4, -0.2) is 19.8 Å². The number of hydrogen-bond acceptors (Lipinski definition) is 2. The zero-order valence-corrected chi connectivity index (χ0v) is 7.70. The van der Waals surface area contributed by atoms with E-state index in [4.69, 9.17) is 10.3 Å². The van der Waals surface area contributed by atoms with Gasteiger partial charge < -0.3 is 4.74 Å². The summed E-state index contributed by atoms with van der Waals surface area (Å²) in [6.45, 7) is 4.39. The number of nitrogens with zero attached hydrogens (tertiary/aromatic N) is 3. The summed E-state index contributed by atoms with van der Waals surface area (Å²) in [5.41, 5.74) is 7.97. The third-order valence-electron chi connectivity index (χ3n) is 1.50. The second-order valence-corrected chi connectivity index (χ2v) is 2.63. The molecule has 0 aromatic heterocycles. The fraction of sp³-hybridized carbons (Fsp3) is 1.00. The zero-order chi connectivity index (χ0) is 9.07. The SMILES string of the molecule is CCCCOCCCCN=[N+]=[N-]. The van der Waals surface area contributed by atoms with Crippen LogP contribution in [0, 0.1) is 0 Å². The minimum absolute atomic E-state index is 0.591. The van der Waals surface area contributed by atoms with Crippen LogP contribution < -0.4 is 0 Å². The summed E-state index contributed by atoms with van der Waals surface area (Å²) >= 11 is 0. The van der Waals surface area contributed by atoms with Gasteiger partial charge in [-0.05, 0) is 24.8 Å². The smallest absolute Gasteiger partial charge is 0.0466 e. The molecule has 0 unspecified atom stereocenters. The molecule has 4 nitrogen and oxygen atoms in total. The van der Waals surface area contributed by atoms with Gasteiger partial charge in [-0.2, -0.15) is 0 Å². The Morgan fingerprint density at radius 1 is 1.25 bits per heavy atom. The first-order chi connectivity index (χ1) is 5.91. The molecular formula is C8H17N3O. The highest BCUT2D eigenvalue weighted by Crippen LogP contribution is 1.93. The predicted octanol–water partition coefficient (Wildman–Crippen LogP) is 2.89. The Labute approximate surface area is 73.5 Å². The fourth-order valence-corrected chi connectivity index (χ4v) is 0.780. The van der Waals surface area contributed by atoms with Crippen LogP contribution >= 0.6 is 0 Å². The van der Waals surface area contributed by atoms with Crippen molar-refractivity contribution in [3.8, 4) is 0 Å². The van der Waals surface area contributed by atoms with Gasteiger partial charge in [-0.15, -0.1) is 0 Å². The number of azide groups is 1. The summed E-state index contributed by atoms with van der Waals surface area (Å²) < 4.78 is 5.32. The highest BCUT2D eigenvalue weighted by molar-refractivity contribution is 4.47. The Balaban J connectivity index is 2.86. The average molecular weight is 171 g/mol. The predicted molar refractivity (Wildman–Crippen MR) is 49.0 cm³/mol. The van der Waals surface area contributed by atoms with Gasteiger partial charge in [0.1, 0.15) is 0 Å². The largest absolute Gasteiger partial charge is 0.381 e. The third kappa shape index (κ3) is 9.27. The first-order valence-electron chi connectivity index (χ1n) is 4.50. The van der Waals surface area contributed by atoms with Crippen LogP contribution in [0.4, 0.5) is 0 Å². The van der Waals surface area contributed by atoms with Crippen molar-refractivity contribution < 1.29 is 4.74 Å². The van der Waals surface area contributed by atoms with Crippen LogP contribution in [0.5, 0.6) is 0 Å². The van der Waals surface area contributed by atoms with Crippen molar-refractivity contribution in [1.82, 2.24) is 0 Å². The molecule has 70 valence electrons. The van der Waals surface area contributed by atoms with E-state index in [1.807, 2.05) is 0 Å². The highest BCUT2D eigenvalue weighted by atomic mass is 16.5. The summed E-state index contributed by atoms with van der Waals surface area (Å²) in [4.78, 5) is 2.67. The third-order valence-corrected chi connectivity index (χ3v) is 1.50. The lowest BCUT2D eigenvalue weighted by Gasteiger charge is -2.00. The Morgan fingerprint density at radius 2 is 2.00 bits per heavy atom. The van der Waals surface area contributed by atoms with Gasteiger partial charge in [-0.25, -0.2) is 0 Å². The molecular weight excluding hydrogens is 154 g/mol. The van der Waals surface area contributed by atoms with Gasteiger partial charge in [0, 0.05) is 24.7 Å². The summed E-state index contributed by atoms with van der Waals surface area (Å²) in [6, 6.07) is 0. The Bertz CT molecular complexity index is 132. The topological polar surface area (TPSA) is 58.0 Å². The van der Waals surface area contributed by atoms with E-state index < -0.39 is 0 Å². The number of unbranched alkanes of at least 4 members (excludes halogenated alkanes) is 2. The molecule has 0 saturated carbocycles. The van der Waals surface area contributed by atoms with Crippen molar-refractivity contribution in [1.29, 1.82) is 0 Å². The second-order valence-electron chi connectivity index (χ2n) is 2.63. The van der Waals surface area contributed by atoms with E-state index in [1.54, 1.807) is 0 Å². The van der Waals surface area contributed by atoms with E-state index in [0.717, 1.165) is 32.5 Å². The van der Waals surface area contributed by atoms with Gasteiger partial charge in [-0.3, -0.25) is 0 Å². The molecule has 0 aromatic carbocycles. The first-order valence-corrected chi connectivity index (χ1v) is 4.50. The van der Waals surface area contributed by atoms with Gasteiger partial charge in [-0.1, -0.05) is 18.5 Å². The van der Waals surface area contributed by atoms with Crippen LogP contribution in [0.25, 0.3) is 10.4 Å². The van der Waals surface area contributed by atoms with Crippen molar-refractivity contribution in [2.45, 2.75) is 32.6 Å². The van der Waals surface area contributed by atoms with Crippen molar-refractivity contribution in [2.75, 3.05) is 19.8 Å². The molecule has 0 heterocycles. The molecule has 0 fully saturated rings. The summed E-state index contributed by atoms with van der Waals surface area (Å²) in [6.07, 6.45) is 4.23. The minimum atomic E-state index is 0.591. The maximum atomic E-state index is 7.97. The summed E-state index contributed by atoms with van der Waals surface area (Å²) in [5.74, 6) is 0. The number of rotatable bonds is 8. The van der Waals surface area contributed by atoms with Crippen LogP contribution in [0.15, 0.2) is 5.11 Å². The minimum Gasteiger partial charge on any atom is -0.381 e. The Hall–Kier alpha value is -0.730. The molecule has 0 N–H and O–H groups in total. The van der Waals surface area contributed by atoms with Crippen molar-refractivity contribution in [2.24, 2.45) is 5.11 Å². The second kappa shape index (κ2) is 10.3. The highest BCUT2D eigenvalue weighted by Gasteiger charge is 1.88. The van der Waals surface area contributed by atoms with E-state index in [2.05, 4.69) is 16.9 Å². The quantitative estimate of drug-likeness (QED) is 0.240. The molecule has 0 rings (SSSR count). The summed E-state index contributed by atoms with van der Waals surface area (Å²) in [5, 5.41) is 3.43. The van der Waals surface area contributed by atoms with E-state index in [0.29, 0.717) is 6.54 Å². The molecule has 0 aliphatic carbocycles. The van der Waals surface area contributed by atoms with Crippen LogP contribution in [0.3, 0.4) is 0 Å². The van der Waals surface area contributed by atoms with Crippen LogP contribution in [0.2, 0.25) is 0 Å². The Kier molecular flexibility index (Phi) is 9.65. The molecule has 0 aliphatic heterocycles. The maximum absolute atomic E-state index is 7.97. The number of ether oxygens (including phenoxy) is 1. The lowest BCUT2D eigenvalue weighted by molar-refractivity contribution is 0.128. The monoisotopic (exact) mass is 171 g/mol. The maximum Gasteiger partial charge on any atom is 0.0466 e. The normalized spacial score (nSPS) is 9.42. The zero-order valence-electron chi connectivity index (χ0n) is 7.70. The van der Waals surface area contributed by atoms with Gasteiger partial charge >= 0.3 is 0 Å². The molecule has 0 aliphatic rings. The van der Waals surface area contributed by atoms with Crippen molar-refractivity contribution >= 4 is 0 Å².